The Bertz CT molecular complexity index is 258. The first-order valence-corrected chi connectivity index (χ1v) is 4.76. The molecule has 0 aromatic carbocycles. The van der Waals surface area contributed by atoms with Crippen molar-refractivity contribution in [2.45, 2.75) is 26.8 Å². The van der Waals surface area contributed by atoms with Gasteiger partial charge in [0.15, 0.2) is 5.15 Å². The van der Waals surface area contributed by atoms with Gasteiger partial charge in [0, 0.05) is 6.54 Å². The van der Waals surface area contributed by atoms with Gasteiger partial charge in [-0.05, 0) is 5.92 Å². The van der Waals surface area contributed by atoms with Crippen molar-refractivity contribution in [2.75, 3.05) is 0 Å². The molecule has 1 aromatic heterocycles. The second-order valence-corrected chi connectivity index (χ2v) is 3.71. The first-order valence-electron chi connectivity index (χ1n) is 4.01. The third kappa shape index (κ3) is 2.14. The maximum atomic E-state index is 5.88. The minimum atomic E-state index is 0.389. The summed E-state index contributed by atoms with van der Waals surface area (Å²) in [6.07, 6.45) is 2.81. The summed E-state index contributed by atoms with van der Waals surface area (Å²) in [6, 6.07) is 0. The summed E-state index contributed by atoms with van der Waals surface area (Å²) in [6.45, 7) is 5.20. The lowest BCUT2D eigenvalue weighted by Crippen LogP contribution is -2.05. The van der Waals surface area contributed by atoms with E-state index in [0.717, 1.165) is 13.0 Å². The lowest BCUT2D eigenvalue weighted by molar-refractivity contribution is 0.469. The zero-order valence-electron chi connectivity index (χ0n) is 7.22. The Morgan fingerprint density at radius 3 is 2.67 bits per heavy atom. The van der Waals surface area contributed by atoms with E-state index in [1.165, 1.54) is 0 Å². The van der Waals surface area contributed by atoms with E-state index < -0.39 is 0 Å². The van der Waals surface area contributed by atoms with E-state index in [1.54, 1.807) is 6.33 Å². The predicted octanol–water partition coefficient (Wildman–Crippen LogP) is 3.24. The monoisotopic (exact) mass is 206 g/mol. The number of hydrogen-bond acceptors (Lipinski definition) is 1. The summed E-state index contributed by atoms with van der Waals surface area (Å²) in [7, 11) is 0. The van der Waals surface area contributed by atoms with E-state index in [4.69, 9.17) is 23.2 Å². The van der Waals surface area contributed by atoms with Gasteiger partial charge in [0.25, 0.3) is 0 Å². The molecule has 0 aliphatic rings. The van der Waals surface area contributed by atoms with Crippen LogP contribution in [0.5, 0.6) is 0 Å². The van der Waals surface area contributed by atoms with Crippen molar-refractivity contribution in [1.82, 2.24) is 9.55 Å². The minimum absolute atomic E-state index is 0.389. The highest BCUT2D eigenvalue weighted by molar-refractivity contribution is 6.40. The average molecular weight is 207 g/mol. The van der Waals surface area contributed by atoms with Crippen molar-refractivity contribution in [1.29, 1.82) is 0 Å². The standard InChI is InChI=1S/C8H12Cl2N2/c1-3-6(2)4-12-5-11-7(9)8(12)10/h5-6H,3-4H2,1-2H3. The fourth-order valence-electron chi connectivity index (χ4n) is 0.935. The van der Waals surface area contributed by atoms with Gasteiger partial charge in [0.1, 0.15) is 5.15 Å². The smallest absolute Gasteiger partial charge is 0.166 e. The normalized spacial score (nSPS) is 13.3. The van der Waals surface area contributed by atoms with Gasteiger partial charge in [0.05, 0.1) is 6.33 Å². The maximum Gasteiger partial charge on any atom is 0.166 e. The molecule has 0 aliphatic carbocycles. The summed E-state index contributed by atoms with van der Waals surface area (Å²) in [4.78, 5) is 3.90. The molecule has 0 saturated carbocycles. The van der Waals surface area contributed by atoms with Gasteiger partial charge >= 0.3 is 0 Å². The largest absolute Gasteiger partial charge is 0.320 e. The molecular weight excluding hydrogens is 195 g/mol. The Morgan fingerprint density at radius 2 is 2.25 bits per heavy atom. The van der Waals surface area contributed by atoms with Crippen LogP contribution in [0.4, 0.5) is 0 Å². The van der Waals surface area contributed by atoms with E-state index in [-0.39, 0.29) is 0 Å². The van der Waals surface area contributed by atoms with Crippen molar-refractivity contribution >= 4 is 23.2 Å². The molecule has 1 rings (SSSR count). The summed E-state index contributed by atoms with van der Waals surface area (Å²) < 4.78 is 1.87. The van der Waals surface area contributed by atoms with Crippen molar-refractivity contribution in [3.63, 3.8) is 0 Å². The van der Waals surface area contributed by atoms with Crippen LogP contribution in [0.3, 0.4) is 0 Å². The summed E-state index contributed by atoms with van der Waals surface area (Å²) >= 11 is 11.6. The molecule has 0 saturated heterocycles. The zero-order valence-corrected chi connectivity index (χ0v) is 8.73. The molecule has 0 N–H and O–H groups in total. The molecule has 1 heterocycles. The molecule has 12 heavy (non-hydrogen) atoms. The van der Waals surface area contributed by atoms with Crippen molar-refractivity contribution < 1.29 is 0 Å². The second kappa shape index (κ2) is 4.15. The number of imidazole rings is 1. The Labute approximate surface area is 82.5 Å². The highest BCUT2D eigenvalue weighted by Crippen LogP contribution is 2.20. The molecule has 0 radical (unpaired) electrons. The van der Waals surface area contributed by atoms with Crippen LogP contribution in [0.1, 0.15) is 20.3 Å². The zero-order chi connectivity index (χ0) is 9.14. The van der Waals surface area contributed by atoms with Gasteiger partial charge in [-0.3, -0.25) is 0 Å². The van der Waals surface area contributed by atoms with Crippen molar-refractivity contribution in [3.05, 3.63) is 16.6 Å². The maximum absolute atomic E-state index is 5.88. The predicted molar refractivity (Wildman–Crippen MR) is 51.7 cm³/mol. The third-order valence-corrected chi connectivity index (χ3v) is 2.71. The van der Waals surface area contributed by atoms with Crippen LogP contribution in [0.25, 0.3) is 0 Å². The van der Waals surface area contributed by atoms with Crippen LogP contribution in [0.15, 0.2) is 6.33 Å². The molecule has 0 spiro atoms. The van der Waals surface area contributed by atoms with Gasteiger partial charge in [-0.2, -0.15) is 0 Å². The second-order valence-electron chi connectivity index (χ2n) is 2.99. The molecule has 1 aromatic rings. The van der Waals surface area contributed by atoms with Crippen LogP contribution in [0.2, 0.25) is 10.3 Å². The summed E-state index contributed by atoms with van der Waals surface area (Å²) in [5.74, 6) is 0.604. The SMILES string of the molecule is CCC(C)Cn1cnc(Cl)c1Cl. The molecule has 0 aliphatic heterocycles. The molecule has 0 fully saturated rings. The number of rotatable bonds is 3. The number of aromatic nitrogens is 2. The molecular formula is C8H12Cl2N2. The van der Waals surface area contributed by atoms with E-state index in [2.05, 4.69) is 18.8 Å². The Morgan fingerprint density at radius 1 is 1.58 bits per heavy atom. The molecule has 4 heteroatoms. The molecule has 2 nitrogen and oxygen atoms in total. The van der Waals surface area contributed by atoms with Crippen LogP contribution in [-0.2, 0) is 6.54 Å². The number of nitrogens with zero attached hydrogens (tertiary/aromatic N) is 2. The van der Waals surface area contributed by atoms with Crippen LogP contribution in [0, 0.1) is 5.92 Å². The Kier molecular flexibility index (Phi) is 3.41. The topological polar surface area (TPSA) is 17.8 Å². The third-order valence-electron chi connectivity index (χ3n) is 1.94. The highest BCUT2D eigenvalue weighted by Gasteiger charge is 2.07. The van der Waals surface area contributed by atoms with E-state index in [9.17, 15) is 0 Å². The van der Waals surface area contributed by atoms with Crippen LogP contribution in [-0.4, -0.2) is 9.55 Å². The van der Waals surface area contributed by atoms with Crippen molar-refractivity contribution in [2.24, 2.45) is 5.92 Å². The summed E-state index contributed by atoms with van der Waals surface area (Å²) in [5.41, 5.74) is 0. The number of hydrogen-bond donors (Lipinski definition) is 0. The fourth-order valence-corrected chi connectivity index (χ4v) is 1.25. The van der Waals surface area contributed by atoms with Gasteiger partial charge in [-0.15, -0.1) is 0 Å². The quantitative estimate of drug-likeness (QED) is 0.743. The molecule has 1 unspecified atom stereocenters. The van der Waals surface area contributed by atoms with Gasteiger partial charge < -0.3 is 4.57 Å². The first-order chi connectivity index (χ1) is 5.65. The van der Waals surface area contributed by atoms with Crippen molar-refractivity contribution in [3.8, 4) is 0 Å². The Balaban J connectivity index is 2.69. The van der Waals surface area contributed by atoms with E-state index in [1.807, 2.05) is 4.57 Å². The van der Waals surface area contributed by atoms with E-state index in [0.29, 0.717) is 16.2 Å². The fraction of sp³-hybridized carbons (Fsp3) is 0.625. The molecule has 0 amide bonds. The number of halogens is 2. The van der Waals surface area contributed by atoms with Crippen LogP contribution < -0.4 is 0 Å². The van der Waals surface area contributed by atoms with Gasteiger partial charge in [-0.1, -0.05) is 43.5 Å². The average Bonchev–Trinajstić information content (AvgIpc) is 2.36. The molecule has 0 bridgehead atoms. The lowest BCUT2D eigenvalue weighted by Gasteiger charge is -2.09. The Hall–Kier alpha value is -0.210. The first kappa shape index (κ1) is 9.87. The van der Waals surface area contributed by atoms with E-state index >= 15 is 0 Å². The molecule has 1 atom stereocenters. The van der Waals surface area contributed by atoms with Crippen LogP contribution >= 0.6 is 23.2 Å². The lowest BCUT2D eigenvalue weighted by atomic mass is 10.1. The van der Waals surface area contributed by atoms with Gasteiger partial charge in [0.2, 0.25) is 0 Å². The minimum Gasteiger partial charge on any atom is -0.320 e. The van der Waals surface area contributed by atoms with Gasteiger partial charge in [-0.25, -0.2) is 4.98 Å². The summed E-state index contributed by atoms with van der Waals surface area (Å²) in [5, 5.41) is 0.928. The molecule has 68 valence electrons. The highest BCUT2D eigenvalue weighted by atomic mass is 35.5.